The molecule has 1 unspecified atom stereocenters. The number of carbonyl (C=O) groups excluding carboxylic acids is 1. The Morgan fingerprint density at radius 2 is 2.08 bits per heavy atom. The minimum atomic E-state index is -0.179. The van der Waals surface area contributed by atoms with Crippen LogP contribution in [0.3, 0.4) is 0 Å². The molecule has 3 rings (SSSR count). The number of benzene rings is 1. The molecule has 0 aliphatic carbocycles. The SMILES string of the molecule is CCCC(C)NC(=O)Cn1cnc2sc(-c3ccccc3)cc2c1=O. The number of amides is 1. The second kappa shape index (κ2) is 7.61. The van der Waals surface area contributed by atoms with E-state index >= 15 is 0 Å². The monoisotopic (exact) mass is 355 g/mol. The molecule has 0 radical (unpaired) electrons. The molecular formula is C19H21N3O2S. The summed E-state index contributed by atoms with van der Waals surface area (Å²) in [6.07, 6.45) is 3.38. The third-order valence-corrected chi connectivity index (χ3v) is 5.11. The standard InChI is InChI=1S/C19H21N3O2S/c1-3-7-13(2)21-17(23)11-22-12-20-18-15(19(22)24)10-16(25-18)14-8-5-4-6-9-14/h4-6,8-10,12-13H,3,7,11H2,1-2H3,(H,21,23). The van der Waals surface area contributed by atoms with Crippen LogP contribution in [0.15, 0.2) is 47.5 Å². The highest BCUT2D eigenvalue weighted by molar-refractivity contribution is 7.21. The van der Waals surface area contributed by atoms with E-state index in [1.54, 1.807) is 0 Å². The number of hydrogen-bond donors (Lipinski definition) is 1. The molecule has 1 N–H and O–H groups in total. The van der Waals surface area contributed by atoms with Crippen molar-refractivity contribution in [3.05, 3.63) is 53.1 Å². The highest BCUT2D eigenvalue weighted by Crippen LogP contribution is 2.30. The first-order valence-corrected chi connectivity index (χ1v) is 9.24. The van der Waals surface area contributed by atoms with Gasteiger partial charge in [-0.05, 0) is 25.0 Å². The maximum Gasteiger partial charge on any atom is 0.262 e. The van der Waals surface area contributed by atoms with Crippen molar-refractivity contribution in [3.63, 3.8) is 0 Å². The minimum Gasteiger partial charge on any atom is -0.352 e. The van der Waals surface area contributed by atoms with E-state index in [9.17, 15) is 9.59 Å². The first-order chi connectivity index (χ1) is 12.1. The summed E-state index contributed by atoms with van der Waals surface area (Å²) < 4.78 is 1.37. The molecule has 2 aromatic heterocycles. The lowest BCUT2D eigenvalue weighted by molar-refractivity contribution is -0.122. The highest BCUT2D eigenvalue weighted by Gasteiger charge is 2.13. The molecule has 0 aliphatic heterocycles. The number of nitrogens with one attached hydrogen (secondary N) is 1. The molecule has 0 spiro atoms. The van der Waals surface area contributed by atoms with E-state index in [1.807, 2.05) is 43.3 Å². The molecule has 0 saturated heterocycles. The van der Waals surface area contributed by atoms with Crippen molar-refractivity contribution in [2.24, 2.45) is 0 Å². The number of nitrogens with zero attached hydrogens (tertiary/aromatic N) is 2. The number of thiophene rings is 1. The fraction of sp³-hybridized carbons (Fsp3) is 0.316. The molecule has 130 valence electrons. The third-order valence-electron chi connectivity index (χ3n) is 4.02. The molecule has 2 heterocycles. The van der Waals surface area contributed by atoms with E-state index in [-0.39, 0.29) is 24.1 Å². The van der Waals surface area contributed by atoms with Crippen molar-refractivity contribution >= 4 is 27.5 Å². The van der Waals surface area contributed by atoms with Crippen LogP contribution in [-0.2, 0) is 11.3 Å². The summed E-state index contributed by atoms with van der Waals surface area (Å²) in [5.41, 5.74) is 0.879. The lowest BCUT2D eigenvalue weighted by atomic mass is 10.2. The summed E-state index contributed by atoms with van der Waals surface area (Å²) in [7, 11) is 0. The summed E-state index contributed by atoms with van der Waals surface area (Å²) in [5.74, 6) is -0.164. The average molecular weight is 355 g/mol. The number of fused-ring (bicyclic) bond motifs is 1. The Balaban J connectivity index is 1.85. The zero-order valence-corrected chi connectivity index (χ0v) is 15.2. The van der Waals surface area contributed by atoms with Crippen molar-refractivity contribution in [1.29, 1.82) is 0 Å². The molecular weight excluding hydrogens is 334 g/mol. The van der Waals surface area contributed by atoms with Gasteiger partial charge in [-0.25, -0.2) is 4.98 Å². The normalized spacial score (nSPS) is 12.2. The van der Waals surface area contributed by atoms with Crippen molar-refractivity contribution in [2.75, 3.05) is 0 Å². The largest absolute Gasteiger partial charge is 0.352 e. The zero-order valence-electron chi connectivity index (χ0n) is 14.4. The van der Waals surface area contributed by atoms with Crippen LogP contribution in [0.1, 0.15) is 26.7 Å². The third kappa shape index (κ3) is 3.96. The van der Waals surface area contributed by atoms with Gasteiger partial charge in [-0.1, -0.05) is 43.7 Å². The Labute approximate surface area is 150 Å². The van der Waals surface area contributed by atoms with Gasteiger partial charge in [0.1, 0.15) is 11.4 Å². The topological polar surface area (TPSA) is 64.0 Å². The van der Waals surface area contributed by atoms with Crippen molar-refractivity contribution in [3.8, 4) is 10.4 Å². The molecule has 0 aliphatic rings. The van der Waals surface area contributed by atoms with Crippen LogP contribution in [0.2, 0.25) is 0 Å². The number of aromatic nitrogens is 2. The van der Waals surface area contributed by atoms with Crippen molar-refractivity contribution in [1.82, 2.24) is 14.9 Å². The van der Waals surface area contributed by atoms with Crippen LogP contribution >= 0.6 is 11.3 Å². The van der Waals surface area contributed by atoms with Gasteiger partial charge in [0.25, 0.3) is 5.56 Å². The second-order valence-electron chi connectivity index (χ2n) is 6.13. The predicted molar refractivity (Wildman–Crippen MR) is 102 cm³/mol. The molecule has 0 saturated carbocycles. The Morgan fingerprint density at radius 3 is 2.80 bits per heavy atom. The fourth-order valence-corrected chi connectivity index (χ4v) is 3.79. The molecule has 0 fully saturated rings. The van der Waals surface area contributed by atoms with Crippen LogP contribution in [0, 0.1) is 0 Å². The summed E-state index contributed by atoms with van der Waals surface area (Å²) >= 11 is 1.48. The van der Waals surface area contributed by atoms with Gasteiger partial charge in [0.05, 0.1) is 11.7 Å². The molecule has 1 amide bonds. The molecule has 1 aromatic carbocycles. The Morgan fingerprint density at radius 1 is 1.32 bits per heavy atom. The van der Waals surface area contributed by atoms with Gasteiger partial charge >= 0.3 is 0 Å². The first kappa shape index (κ1) is 17.4. The number of carbonyl (C=O) groups is 1. The van der Waals surface area contributed by atoms with Gasteiger partial charge < -0.3 is 5.32 Å². The van der Waals surface area contributed by atoms with E-state index in [0.717, 1.165) is 23.3 Å². The average Bonchev–Trinajstić information content (AvgIpc) is 3.03. The second-order valence-corrected chi connectivity index (χ2v) is 7.16. The fourth-order valence-electron chi connectivity index (χ4n) is 2.80. The summed E-state index contributed by atoms with van der Waals surface area (Å²) in [5, 5.41) is 3.47. The Kier molecular flexibility index (Phi) is 5.28. The van der Waals surface area contributed by atoms with Crippen molar-refractivity contribution < 1.29 is 4.79 Å². The van der Waals surface area contributed by atoms with E-state index in [0.29, 0.717) is 10.2 Å². The Bertz CT molecular complexity index is 931. The molecule has 3 aromatic rings. The van der Waals surface area contributed by atoms with Gasteiger partial charge in [-0.2, -0.15) is 0 Å². The molecule has 1 atom stereocenters. The van der Waals surface area contributed by atoms with Crippen LogP contribution in [0.4, 0.5) is 0 Å². The van der Waals surface area contributed by atoms with Crippen LogP contribution in [0.5, 0.6) is 0 Å². The summed E-state index contributed by atoms with van der Waals surface area (Å²) in [6.45, 7) is 4.04. The lowest BCUT2D eigenvalue weighted by Gasteiger charge is -2.13. The molecule has 25 heavy (non-hydrogen) atoms. The summed E-state index contributed by atoms with van der Waals surface area (Å²) in [4.78, 5) is 30.8. The minimum absolute atomic E-state index is 0.00759. The van der Waals surface area contributed by atoms with Gasteiger partial charge in [0.15, 0.2) is 0 Å². The molecule has 6 heteroatoms. The van der Waals surface area contributed by atoms with E-state index < -0.39 is 0 Å². The van der Waals surface area contributed by atoms with Gasteiger partial charge in [-0.15, -0.1) is 11.3 Å². The first-order valence-electron chi connectivity index (χ1n) is 8.42. The zero-order chi connectivity index (χ0) is 17.8. The van der Waals surface area contributed by atoms with Crippen molar-refractivity contribution in [2.45, 2.75) is 39.3 Å². The number of rotatable bonds is 6. The van der Waals surface area contributed by atoms with E-state index in [4.69, 9.17) is 0 Å². The van der Waals surface area contributed by atoms with Gasteiger partial charge in [0.2, 0.25) is 5.91 Å². The van der Waals surface area contributed by atoms with Crippen LogP contribution in [0.25, 0.3) is 20.7 Å². The van der Waals surface area contributed by atoms with Crippen LogP contribution < -0.4 is 10.9 Å². The van der Waals surface area contributed by atoms with E-state index in [2.05, 4.69) is 17.2 Å². The smallest absolute Gasteiger partial charge is 0.262 e. The van der Waals surface area contributed by atoms with Crippen LogP contribution in [-0.4, -0.2) is 21.5 Å². The quantitative estimate of drug-likeness (QED) is 0.737. The molecule has 0 bridgehead atoms. The van der Waals surface area contributed by atoms with E-state index in [1.165, 1.54) is 22.2 Å². The van der Waals surface area contributed by atoms with Gasteiger partial charge in [0, 0.05) is 10.9 Å². The Hall–Kier alpha value is -2.47. The summed E-state index contributed by atoms with van der Waals surface area (Å²) in [6, 6.07) is 11.9. The predicted octanol–water partition coefficient (Wildman–Crippen LogP) is 3.43. The molecule has 5 nitrogen and oxygen atoms in total. The highest BCUT2D eigenvalue weighted by atomic mass is 32.1. The maximum absolute atomic E-state index is 12.7. The number of hydrogen-bond acceptors (Lipinski definition) is 4. The lowest BCUT2D eigenvalue weighted by Crippen LogP contribution is -2.37. The van der Waals surface area contributed by atoms with Gasteiger partial charge in [-0.3, -0.25) is 14.2 Å². The maximum atomic E-state index is 12.7.